The summed E-state index contributed by atoms with van der Waals surface area (Å²) in [7, 11) is -7.20. The highest BCUT2D eigenvalue weighted by Crippen LogP contribution is 2.08. The lowest BCUT2D eigenvalue weighted by Crippen LogP contribution is -2.24. The Morgan fingerprint density at radius 1 is 1.54 bits per heavy atom. The molecule has 0 amide bonds. The van der Waals surface area contributed by atoms with E-state index in [-0.39, 0.29) is 13.0 Å². The molecule has 0 saturated heterocycles. The monoisotopic (exact) mass is 226 g/mol. The third-order valence-corrected chi connectivity index (χ3v) is 4.48. The zero-order valence-electron chi connectivity index (χ0n) is 6.97. The van der Waals surface area contributed by atoms with Gasteiger partial charge in [-0.3, -0.25) is 4.18 Å². The van der Waals surface area contributed by atoms with Crippen LogP contribution >= 0.6 is 0 Å². The van der Waals surface area contributed by atoms with Gasteiger partial charge >= 0.3 is 0 Å². The van der Waals surface area contributed by atoms with Crippen LogP contribution in [0.2, 0.25) is 0 Å². The maximum atomic E-state index is 11.1. The molecular formula is C6H10O5S2. The Morgan fingerprint density at radius 2 is 2.08 bits per heavy atom. The van der Waals surface area contributed by atoms with Gasteiger partial charge in [-0.1, -0.05) is 0 Å². The highest BCUT2D eigenvalue weighted by Gasteiger charge is 2.28. The summed E-state index contributed by atoms with van der Waals surface area (Å²) in [6.45, 7) is 1.34. The van der Waals surface area contributed by atoms with Crippen molar-refractivity contribution in [1.29, 1.82) is 0 Å². The van der Waals surface area contributed by atoms with Crippen molar-refractivity contribution >= 4 is 20.8 Å². The lowest BCUT2D eigenvalue weighted by atomic mass is 10.5. The number of terminal acetylenes is 1. The van der Waals surface area contributed by atoms with Crippen molar-refractivity contribution in [3.63, 3.8) is 0 Å². The maximum absolute atomic E-state index is 11.1. The van der Waals surface area contributed by atoms with E-state index >= 15 is 0 Å². The largest absolute Gasteiger partial charge is 0.285 e. The average molecular weight is 226 g/mol. The van der Waals surface area contributed by atoms with Gasteiger partial charge in [-0.2, -0.15) is 8.42 Å². The minimum absolute atomic E-state index is 0.105. The first kappa shape index (κ1) is 12.4. The van der Waals surface area contributed by atoms with Crippen LogP contribution in [0.4, 0.5) is 0 Å². The van der Waals surface area contributed by atoms with Gasteiger partial charge in [-0.25, -0.2) is 8.42 Å². The molecule has 0 N–H and O–H groups in total. The van der Waals surface area contributed by atoms with Gasteiger partial charge in [-0.15, -0.1) is 12.3 Å². The van der Waals surface area contributed by atoms with E-state index in [2.05, 4.69) is 4.18 Å². The second-order valence-corrected chi connectivity index (χ2v) is 5.38. The van der Waals surface area contributed by atoms with Crippen molar-refractivity contribution in [3.05, 3.63) is 0 Å². The molecule has 1 unspecified atom stereocenters. The van der Waals surface area contributed by atoms with Crippen LogP contribution in [0.3, 0.4) is 0 Å². The molecule has 13 heavy (non-hydrogen) atoms. The van der Waals surface area contributed by atoms with Crippen molar-refractivity contribution in [2.24, 2.45) is 0 Å². The van der Waals surface area contributed by atoms with Gasteiger partial charge in [0.2, 0.25) is 0 Å². The van der Waals surface area contributed by atoms with Crippen LogP contribution < -0.4 is 0 Å². The summed E-state index contributed by atoms with van der Waals surface area (Å²) in [5, 5.41) is 0. The normalized spacial score (nSPS) is 13.9. The molecule has 76 valence electrons. The van der Waals surface area contributed by atoms with Crippen LogP contribution in [0.5, 0.6) is 0 Å². The van der Waals surface area contributed by atoms with E-state index in [1.165, 1.54) is 6.92 Å². The summed E-state index contributed by atoms with van der Waals surface area (Å²) in [4.78, 5) is 0. The molecule has 0 aromatic heterocycles. The average Bonchev–Trinajstić information content (AvgIpc) is 1.99. The van der Waals surface area contributed by atoms with Crippen molar-refractivity contribution in [1.82, 2.24) is 0 Å². The van der Waals surface area contributed by atoms with E-state index in [1.54, 1.807) is 0 Å². The molecule has 0 aliphatic heterocycles. The minimum Gasteiger partial charge on any atom is -0.269 e. The third kappa shape index (κ3) is 3.76. The first-order valence-electron chi connectivity index (χ1n) is 3.41. The molecule has 0 fully saturated rings. The van der Waals surface area contributed by atoms with E-state index in [0.717, 1.165) is 0 Å². The molecule has 0 saturated carbocycles. The van der Waals surface area contributed by atoms with Crippen LogP contribution in [0.15, 0.2) is 0 Å². The topological polar surface area (TPSA) is 77.5 Å². The summed E-state index contributed by atoms with van der Waals surface area (Å²) in [6.07, 6.45) is 4.43. The summed E-state index contributed by atoms with van der Waals surface area (Å²) in [5.41, 5.74) is 0. The number of rotatable bonds is 5. The molecule has 0 aromatic rings. The Labute approximate surface area is 79.2 Å². The lowest BCUT2D eigenvalue weighted by molar-refractivity contribution is 0.336. The highest BCUT2D eigenvalue weighted by atomic mass is 32.3. The van der Waals surface area contributed by atoms with Gasteiger partial charge in [0.15, 0.2) is 15.3 Å². The zero-order chi connectivity index (χ0) is 10.5. The van der Waals surface area contributed by atoms with Gasteiger partial charge < -0.3 is 0 Å². The van der Waals surface area contributed by atoms with Crippen molar-refractivity contribution in [2.45, 2.75) is 17.9 Å². The van der Waals surface area contributed by atoms with Crippen molar-refractivity contribution < 1.29 is 21.0 Å². The summed E-state index contributed by atoms with van der Waals surface area (Å²) in [5.74, 6) is 1.97. The highest BCUT2D eigenvalue weighted by molar-refractivity contribution is 7.99. The maximum Gasteiger partial charge on any atom is 0.285 e. The van der Waals surface area contributed by atoms with Crippen LogP contribution in [0.1, 0.15) is 13.3 Å². The fraction of sp³-hybridized carbons (Fsp3) is 0.667. The Hall–Kier alpha value is -0.580. The van der Waals surface area contributed by atoms with Crippen LogP contribution in [0.25, 0.3) is 0 Å². The minimum atomic E-state index is -4.07. The second-order valence-electron chi connectivity index (χ2n) is 2.05. The predicted octanol–water partition coefficient (Wildman–Crippen LogP) is -0.686. The van der Waals surface area contributed by atoms with E-state index in [9.17, 15) is 16.8 Å². The smallest absolute Gasteiger partial charge is 0.269 e. The molecule has 0 spiro atoms. The van der Waals surface area contributed by atoms with Gasteiger partial charge in [0.25, 0.3) is 10.1 Å². The van der Waals surface area contributed by atoms with Crippen LogP contribution in [0, 0.1) is 12.3 Å². The lowest BCUT2D eigenvalue weighted by Gasteiger charge is -2.07. The van der Waals surface area contributed by atoms with Gasteiger partial charge in [0.1, 0.15) is 0 Å². The molecule has 0 heterocycles. The van der Waals surface area contributed by atoms with Crippen LogP contribution in [-0.4, -0.2) is 28.0 Å². The number of hydrogen-bond acceptors (Lipinski definition) is 5. The predicted molar refractivity (Wildman–Crippen MR) is 48.1 cm³/mol. The Morgan fingerprint density at radius 3 is 2.38 bits per heavy atom. The van der Waals surface area contributed by atoms with E-state index in [0.29, 0.717) is 0 Å². The molecule has 0 bridgehead atoms. The fourth-order valence-electron chi connectivity index (χ4n) is 0.626. The van der Waals surface area contributed by atoms with Gasteiger partial charge in [0, 0.05) is 6.42 Å². The molecule has 1 atom stereocenters. The Kier molecular flexibility index (Phi) is 4.98. The molecule has 7 heteroatoms. The third-order valence-electron chi connectivity index (χ3n) is 1.14. The Bertz CT molecular complexity index is 351. The van der Waals surface area contributed by atoms with E-state index < -0.39 is 25.4 Å². The van der Waals surface area contributed by atoms with Gasteiger partial charge in [0.05, 0.1) is 6.61 Å². The molecular weight excluding hydrogens is 216 g/mol. The van der Waals surface area contributed by atoms with Crippen molar-refractivity contribution in [3.8, 4) is 12.3 Å². The summed E-state index contributed by atoms with van der Waals surface area (Å²) in [6, 6.07) is 0. The molecule has 5 nitrogen and oxygen atoms in total. The number of hydrogen-bond donors (Lipinski definition) is 1. The van der Waals surface area contributed by atoms with Crippen LogP contribution in [-0.2, 0) is 25.0 Å². The first-order valence-corrected chi connectivity index (χ1v) is 6.12. The van der Waals surface area contributed by atoms with Gasteiger partial charge in [-0.05, 0) is 6.92 Å². The zero-order valence-corrected chi connectivity index (χ0v) is 8.68. The Balaban J connectivity index is 4.86. The molecule has 0 aliphatic carbocycles. The standard InChI is InChI=1S/C6H10O5S2/c1-3-5-6(12(7)8)13(9,10)11-4-2/h1,6,12H,4-5H2,2H3. The second kappa shape index (κ2) is 5.21. The SMILES string of the molecule is C#CCC([SH](=O)=O)S(=O)(=O)OCC. The molecule has 0 aliphatic rings. The quantitative estimate of drug-likeness (QED) is 0.381. The molecule has 0 aromatic carbocycles. The fourth-order valence-corrected chi connectivity index (χ4v) is 2.69. The molecule has 0 rings (SSSR count). The summed E-state index contributed by atoms with van der Waals surface area (Å²) >= 11 is 0. The summed E-state index contributed by atoms with van der Waals surface area (Å²) < 4.78 is 45.8. The molecule has 0 radical (unpaired) electrons. The van der Waals surface area contributed by atoms with E-state index in [4.69, 9.17) is 6.42 Å². The van der Waals surface area contributed by atoms with Crippen molar-refractivity contribution in [2.75, 3.05) is 6.61 Å². The van der Waals surface area contributed by atoms with E-state index in [1.807, 2.05) is 5.92 Å². The number of thiol groups is 1. The first-order chi connectivity index (χ1) is 5.95.